The molecule has 12 heteroatoms. The number of rotatable bonds is 1. The molecule has 0 saturated carbocycles. The van der Waals surface area contributed by atoms with Crippen molar-refractivity contribution in [2.45, 2.75) is 5.25 Å². The molecule has 0 saturated heterocycles. The van der Waals surface area contributed by atoms with Gasteiger partial charge < -0.3 is 9.11 Å². The van der Waals surface area contributed by atoms with E-state index in [1.165, 1.54) is 6.07 Å². The van der Waals surface area contributed by atoms with Crippen molar-refractivity contribution in [2.24, 2.45) is 4.99 Å². The summed E-state index contributed by atoms with van der Waals surface area (Å²) >= 11 is 0. The van der Waals surface area contributed by atoms with Crippen LogP contribution in [0, 0.1) is 0 Å². The Morgan fingerprint density at radius 2 is 1.41 bits per heavy atom. The van der Waals surface area contributed by atoms with Crippen molar-refractivity contribution >= 4 is 58.3 Å². The van der Waals surface area contributed by atoms with E-state index in [4.69, 9.17) is 0 Å². The number of ketones is 1. The first kappa shape index (κ1) is 24.6. The monoisotopic (exact) mass is 449 g/mol. The Morgan fingerprint density at radius 3 is 1.97 bits per heavy atom. The molecule has 1 aliphatic heterocycles. The molecule has 1 atom stereocenters. The normalized spacial score (nSPS) is 16.6. The molecule has 0 aliphatic carbocycles. The summed E-state index contributed by atoms with van der Waals surface area (Å²) < 4.78 is 68.8. The fourth-order valence-corrected chi connectivity index (χ4v) is 5.18. The van der Waals surface area contributed by atoms with Gasteiger partial charge in [0, 0.05) is 0 Å². The van der Waals surface area contributed by atoms with Gasteiger partial charge in [0.05, 0.1) is 11.3 Å². The molecule has 8 nitrogen and oxygen atoms in total. The number of hydrogen-bond acceptors (Lipinski definition) is 8. The molecule has 0 spiro atoms. The summed E-state index contributed by atoms with van der Waals surface area (Å²) in [6.07, 6.45) is 0. The molecule has 1 aliphatic rings. The summed E-state index contributed by atoms with van der Waals surface area (Å²) in [5.74, 6) is -1.27. The fourth-order valence-electron chi connectivity index (χ4n) is 3.22. The summed E-state index contributed by atoms with van der Waals surface area (Å²) in [5, 5.41) is -1.67. The van der Waals surface area contributed by atoms with E-state index < -0.39 is 36.3 Å². The van der Waals surface area contributed by atoms with Crippen molar-refractivity contribution in [3.63, 3.8) is 0 Å². The van der Waals surface area contributed by atoms with Crippen LogP contribution in [0.1, 0.15) is 10.4 Å². The molecular weight excluding hydrogens is 440 g/mol. The Hall–Kier alpha value is -0.660. The Morgan fingerprint density at radius 1 is 0.828 bits per heavy atom. The fraction of sp³-hybridized carbons (Fsp3) is 0.0588. The second kappa shape index (κ2) is 8.46. The van der Waals surface area contributed by atoms with Crippen LogP contribution in [0.5, 0.6) is 0 Å². The van der Waals surface area contributed by atoms with Gasteiger partial charge in [-0.15, -0.1) is 0 Å². The van der Waals surface area contributed by atoms with Crippen molar-refractivity contribution in [1.82, 2.24) is 0 Å². The van der Waals surface area contributed by atoms with Crippen LogP contribution in [-0.2, 0) is 20.2 Å². The van der Waals surface area contributed by atoms with Crippen molar-refractivity contribution in [2.75, 3.05) is 0 Å². The molecule has 29 heavy (non-hydrogen) atoms. The number of hydrogen-bond donors (Lipinski definition) is 0. The van der Waals surface area contributed by atoms with Gasteiger partial charge in [0.15, 0.2) is 11.0 Å². The second-order valence-electron chi connectivity index (χ2n) is 6.02. The topological polar surface area (TPSA) is 144 Å². The molecule has 0 N–H and O–H groups in total. The third-order valence-corrected chi connectivity index (χ3v) is 6.35. The predicted molar refractivity (Wildman–Crippen MR) is 96.1 cm³/mol. The van der Waals surface area contributed by atoms with E-state index in [0.29, 0.717) is 10.8 Å². The first-order valence-electron chi connectivity index (χ1n) is 7.56. The van der Waals surface area contributed by atoms with Crippen LogP contribution in [0.25, 0.3) is 21.5 Å². The van der Waals surface area contributed by atoms with E-state index in [1.807, 2.05) is 12.1 Å². The summed E-state index contributed by atoms with van der Waals surface area (Å²) in [7, 11) is -10.9. The summed E-state index contributed by atoms with van der Waals surface area (Å²) in [4.78, 5) is 16.4. The van der Waals surface area contributed by atoms with E-state index in [9.17, 15) is 30.7 Å². The van der Waals surface area contributed by atoms with Gasteiger partial charge in [-0.2, -0.15) is 0 Å². The zero-order valence-electron chi connectivity index (χ0n) is 15.3. The molecule has 138 valence electrons. The zero-order chi connectivity index (χ0) is 19.6. The van der Waals surface area contributed by atoms with E-state index >= 15 is 0 Å². The van der Waals surface area contributed by atoms with Gasteiger partial charge in [-0.25, -0.2) is 21.8 Å². The number of fused-ring (bicyclic) bond motifs is 4. The molecule has 1 heterocycles. The average molecular weight is 449 g/mol. The van der Waals surface area contributed by atoms with Gasteiger partial charge in [0.1, 0.15) is 25.3 Å². The maximum Gasteiger partial charge on any atom is 1.00 e. The molecule has 0 radical (unpaired) electrons. The molecule has 3 aromatic carbocycles. The smallest absolute Gasteiger partial charge is 0.747 e. The number of nitrogens with zero attached hydrogens (tertiary/aromatic N) is 1. The number of carbonyl (C=O) groups is 1. The van der Waals surface area contributed by atoms with Crippen LogP contribution in [-0.4, -0.2) is 42.0 Å². The standard InChI is InChI=1S/C17H11NO7S2.2Na/c19-15-14-12-8-10-4-2-1-3-9(10)7-11(12)5-6-13(14)18-17(27(23,24)25)16(15)26(20,21)22;;/h1-8,16H,(H,20,21,22)(H,23,24,25);;/q;2*+1/p-2. The quantitative estimate of drug-likeness (QED) is 0.208. The number of Topliss-reactive ketones (excluding diaryl/α,β-unsaturated/α-hetero) is 1. The van der Waals surface area contributed by atoms with Gasteiger partial charge in [0.2, 0.25) is 0 Å². The molecule has 0 fully saturated rings. The molecule has 0 bridgehead atoms. The molecule has 0 aromatic heterocycles. The van der Waals surface area contributed by atoms with Crippen LogP contribution >= 0.6 is 0 Å². The van der Waals surface area contributed by atoms with E-state index in [0.717, 1.165) is 10.8 Å². The van der Waals surface area contributed by atoms with Gasteiger partial charge in [-0.05, 0) is 39.7 Å². The van der Waals surface area contributed by atoms with Crippen LogP contribution in [0.4, 0.5) is 5.69 Å². The Balaban J connectivity index is 0.00000150. The Bertz CT molecular complexity index is 1400. The van der Waals surface area contributed by atoms with Gasteiger partial charge in [-0.3, -0.25) is 4.79 Å². The first-order chi connectivity index (χ1) is 12.6. The number of benzene rings is 3. The van der Waals surface area contributed by atoms with Crippen LogP contribution in [0.3, 0.4) is 0 Å². The molecule has 0 amide bonds. The maximum atomic E-state index is 12.8. The zero-order valence-corrected chi connectivity index (χ0v) is 21.0. The number of aliphatic imine (C=N–C) groups is 1. The van der Waals surface area contributed by atoms with Crippen LogP contribution < -0.4 is 59.1 Å². The molecule has 4 rings (SSSR count). The third-order valence-electron chi connectivity index (χ3n) is 4.35. The molecular formula is C17H9NNa2O7S2. The number of carbonyl (C=O) groups excluding carboxylic acids is 1. The first-order valence-corrected chi connectivity index (χ1v) is 10.4. The van der Waals surface area contributed by atoms with Crippen molar-refractivity contribution < 1.29 is 89.9 Å². The van der Waals surface area contributed by atoms with E-state index in [-0.39, 0.29) is 70.4 Å². The molecule has 1 unspecified atom stereocenters. The van der Waals surface area contributed by atoms with Gasteiger partial charge >= 0.3 is 59.1 Å². The van der Waals surface area contributed by atoms with E-state index in [1.54, 1.807) is 30.3 Å². The minimum atomic E-state index is -5.47. The van der Waals surface area contributed by atoms with Crippen molar-refractivity contribution in [3.05, 3.63) is 54.1 Å². The maximum absolute atomic E-state index is 12.8. The SMILES string of the molecule is O=C1c2c(ccc3cc4ccccc4cc23)N=C(S(=O)(=O)[O-])C1S(=O)(=O)[O-].[Na+].[Na+]. The van der Waals surface area contributed by atoms with Gasteiger partial charge in [-0.1, -0.05) is 30.3 Å². The van der Waals surface area contributed by atoms with Gasteiger partial charge in [0.25, 0.3) is 0 Å². The summed E-state index contributed by atoms with van der Waals surface area (Å²) in [5.41, 5.74) is -0.368. The summed E-state index contributed by atoms with van der Waals surface area (Å²) in [6, 6.07) is 13.5. The summed E-state index contributed by atoms with van der Waals surface area (Å²) in [6.45, 7) is 0. The average Bonchev–Trinajstić information content (AvgIpc) is 2.57. The predicted octanol–water partition coefficient (Wildman–Crippen LogP) is -4.31. The third kappa shape index (κ3) is 4.38. The minimum Gasteiger partial charge on any atom is -0.747 e. The largest absolute Gasteiger partial charge is 1.00 e. The van der Waals surface area contributed by atoms with Crippen molar-refractivity contribution in [3.8, 4) is 0 Å². The Kier molecular flexibility index (Phi) is 7.18. The second-order valence-corrected chi connectivity index (χ2v) is 8.80. The van der Waals surface area contributed by atoms with E-state index in [2.05, 4.69) is 4.99 Å². The Labute approximate surface area is 210 Å². The van der Waals surface area contributed by atoms with Crippen LogP contribution in [0.15, 0.2) is 53.5 Å². The molecule has 3 aromatic rings. The van der Waals surface area contributed by atoms with Crippen molar-refractivity contribution in [1.29, 1.82) is 0 Å². The minimum absolute atomic E-state index is 0. The van der Waals surface area contributed by atoms with Crippen LogP contribution in [0.2, 0.25) is 0 Å².